The fourth-order valence-corrected chi connectivity index (χ4v) is 7.28. The molecule has 4 rings (SSSR count). The van der Waals surface area contributed by atoms with Gasteiger partial charge in [-0.2, -0.15) is 5.26 Å². The first-order chi connectivity index (χ1) is 16.1. The van der Waals surface area contributed by atoms with E-state index in [2.05, 4.69) is 42.5 Å². The highest BCUT2D eigenvalue weighted by atomic mass is 31.2. The summed E-state index contributed by atoms with van der Waals surface area (Å²) in [6.07, 6.45) is 2.57. The number of carbonyl (C=O) groups is 1. The Morgan fingerprint density at radius 3 is 1.70 bits per heavy atom. The van der Waals surface area contributed by atoms with E-state index in [-0.39, 0.29) is 0 Å². The molecule has 0 bridgehead atoms. The van der Waals surface area contributed by atoms with Crippen LogP contribution < -0.4 is 15.9 Å². The summed E-state index contributed by atoms with van der Waals surface area (Å²) in [6.45, 7) is 0. The number of rotatable bonds is 6. The van der Waals surface area contributed by atoms with Crippen LogP contribution in [0.1, 0.15) is 11.1 Å². The smallest absolute Gasteiger partial charge is 0.328 e. The van der Waals surface area contributed by atoms with E-state index in [1.807, 2.05) is 54.6 Å². The molecule has 1 N–H and O–H groups in total. The minimum absolute atomic E-state index is 0.446. The summed E-state index contributed by atoms with van der Waals surface area (Å²) < 4.78 is 5.41. The van der Waals surface area contributed by atoms with E-state index in [1.165, 1.54) is 6.08 Å². The van der Waals surface area contributed by atoms with E-state index >= 15 is 0 Å². The van der Waals surface area contributed by atoms with Crippen molar-refractivity contribution < 1.29 is 9.90 Å². The van der Waals surface area contributed by atoms with Crippen molar-refractivity contribution >= 4 is 40.7 Å². The molecule has 4 nitrogen and oxygen atoms in total. The van der Waals surface area contributed by atoms with Crippen molar-refractivity contribution in [3.63, 3.8) is 0 Å². The molecule has 33 heavy (non-hydrogen) atoms. The highest BCUT2D eigenvalue weighted by molar-refractivity contribution is 7.87. The number of hydrogen-bond donors (Lipinski definition) is 1. The van der Waals surface area contributed by atoms with Crippen molar-refractivity contribution in [3.05, 3.63) is 126 Å². The van der Waals surface area contributed by atoms with E-state index in [4.69, 9.17) is 4.74 Å². The normalized spacial score (nSPS) is 11.1. The largest absolute Gasteiger partial charge is 0.478 e. The molecule has 4 aromatic rings. The summed E-state index contributed by atoms with van der Waals surface area (Å²) in [5, 5.41) is 21.8. The SMILES string of the molecule is N#Cc1ccc(N=P(c2ccccc2)(c2ccccc2)c2ccccc2)c(C=CC(=O)O)c1. The minimum atomic E-state index is -2.51. The molecular weight excluding hydrogens is 427 g/mol. The minimum Gasteiger partial charge on any atom is -0.478 e. The van der Waals surface area contributed by atoms with Crippen molar-refractivity contribution in [2.75, 3.05) is 0 Å². The third-order valence-corrected chi connectivity index (χ3v) is 8.86. The average Bonchev–Trinajstić information content (AvgIpc) is 2.88. The molecule has 0 radical (unpaired) electrons. The molecule has 0 aliphatic heterocycles. The summed E-state index contributed by atoms with van der Waals surface area (Å²) in [4.78, 5) is 11.2. The van der Waals surface area contributed by atoms with E-state index in [0.29, 0.717) is 16.8 Å². The van der Waals surface area contributed by atoms with Gasteiger partial charge >= 0.3 is 5.97 Å². The molecule has 0 heterocycles. The molecule has 160 valence electrons. The zero-order chi connectivity index (χ0) is 23.1. The fraction of sp³-hybridized carbons (Fsp3) is 0. The van der Waals surface area contributed by atoms with Gasteiger partial charge < -0.3 is 5.11 Å². The van der Waals surface area contributed by atoms with Crippen molar-refractivity contribution in [2.24, 2.45) is 4.74 Å². The lowest BCUT2D eigenvalue weighted by Gasteiger charge is -2.27. The summed E-state index contributed by atoms with van der Waals surface area (Å²) in [6, 6.07) is 37.9. The number of aliphatic carboxylic acids is 1. The molecular formula is C28H21N2O2P. The zero-order valence-electron chi connectivity index (χ0n) is 17.7. The first-order valence-electron chi connectivity index (χ1n) is 10.4. The first kappa shape index (κ1) is 22.0. The van der Waals surface area contributed by atoms with Crippen LogP contribution in [0.3, 0.4) is 0 Å². The molecule has 0 atom stereocenters. The monoisotopic (exact) mass is 448 g/mol. The Morgan fingerprint density at radius 2 is 1.27 bits per heavy atom. The molecule has 0 unspecified atom stereocenters. The second-order valence-corrected chi connectivity index (χ2v) is 10.3. The van der Waals surface area contributed by atoms with E-state index in [0.717, 1.165) is 22.0 Å². The van der Waals surface area contributed by atoms with Gasteiger partial charge in [0.25, 0.3) is 0 Å². The van der Waals surface area contributed by atoms with Gasteiger partial charge in [-0.15, -0.1) is 0 Å². The zero-order valence-corrected chi connectivity index (χ0v) is 18.6. The Kier molecular flexibility index (Phi) is 6.64. The number of carboxylic acid groups (broad SMARTS) is 1. The number of benzene rings is 4. The third-order valence-electron chi connectivity index (χ3n) is 5.21. The van der Waals surface area contributed by atoms with Crippen LogP contribution in [0.5, 0.6) is 0 Å². The Balaban J connectivity index is 2.13. The van der Waals surface area contributed by atoms with Crippen LogP contribution in [-0.2, 0) is 4.79 Å². The number of nitrogens with zero attached hydrogens (tertiary/aromatic N) is 2. The van der Waals surface area contributed by atoms with Gasteiger partial charge in [0.05, 0.1) is 24.4 Å². The van der Waals surface area contributed by atoms with Crippen molar-refractivity contribution in [3.8, 4) is 6.07 Å². The molecule has 0 aliphatic rings. The van der Waals surface area contributed by atoms with Crippen LogP contribution >= 0.6 is 7.05 Å². The predicted molar refractivity (Wildman–Crippen MR) is 135 cm³/mol. The molecule has 0 fully saturated rings. The molecule has 0 aliphatic carbocycles. The van der Waals surface area contributed by atoms with Crippen LogP contribution in [0.4, 0.5) is 5.69 Å². The Hall–Kier alpha value is -4.19. The van der Waals surface area contributed by atoms with Gasteiger partial charge in [0.2, 0.25) is 0 Å². The summed E-state index contributed by atoms with van der Waals surface area (Å²) in [7, 11) is -2.51. The maximum absolute atomic E-state index is 11.2. The van der Waals surface area contributed by atoms with Crippen LogP contribution in [0.25, 0.3) is 6.08 Å². The number of carboxylic acids is 1. The first-order valence-corrected chi connectivity index (χ1v) is 12.1. The predicted octanol–water partition coefficient (Wildman–Crippen LogP) is 5.47. The quantitative estimate of drug-likeness (QED) is 0.314. The topological polar surface area (TPSA) is 73.5 Å². The fourth-order valence-electron chi connectivity index (χ4n) is 3.72. The van der Waals surface area contributed by atoms with Gasteiger partial charge in [0, 0.05) is 27.6 Å². The van der Waals surface area contributed by atoms with Crippen LogP contribution in [0, 0.1) is 11.3 Å². The second-order valence-electron chi connectivity index (χ2n) is 7.30. The molecule has 0 saturated heterocycles. The van der Waals surface area contributed by atoms with Crippen LogP contribution in [0.2, 0.25) is 0 Å². The molecule has 0 aromatic heterocycles. The lowest BCUT2D eigenvalue weighted by molar-refractivity contribution is -0.131. The highest BCUT2D eigenvalue weighted by Crippen LogP contribution is 2.49. The summed E-state index contributed by atoms with van der Waals surface area (Å²) >= 11 is 0. The maximum Gasteiger partial charge on any atom is 0.328 e. The number of nitriles is 1. The molecule has 4 aromatic carbocycles. The highest BCUT2D eigenvalue weighted by Gasteiger charge is 2.27. The standard InChI is InChI=1S/C28H21N2O2P/c29-21-22-16-18-27(23(20-22)17-19-28(31)32)30-33(24-10-4-1-5-11-24,25-12-6-2-7-13-25)26-14-8-3-9-15-26/h1-20H,(H,31,32). The van der Waals surface area contributed by atoms with E-state index in [1.54, 1.807) is 18.2 Å². The van der Waals surface area contributed by atoms with Crippen molar-refractivity contribution in [1.82, 2.24) is 0 Å². The van der Waals surface area contributed by atoms with Gasteiger partial charge in [0.1, 0.15) is 0 Å². The Morgan fingerprint density at radius 1 is 0.788 bits per heavy atom. The van der Waals surface area contributed by atoms with Gasteiger partial charge in [-0.05, 0) is 24.3 Å². The van der Waals surface area contributed by atoms with E-state index < -0.39 is 13.0 Å². The lowest BCUT2D eigenvalue weighted by Crippen LogP contribution is -2.25. The maximum atomic E-state index is 11.2. The van der Waals surface area contributed by atoms with Crippen LogP contribution in [0.15, 0.2) is 120 Å². The Labute approximate surface area is 193 Å². The lowest BCUT2D eigenvalue weighted by atomic mass is 10.1. The van der Waals surface area contributed by atoms with Gasteiger partial charge in [0.15, 0.2) is 0 Å². The summed E-state index contributed by atoms with van der Waals surface area (Å²) in [5.41, 5.74) is 1.67. The van der Waals surface area contributed by atoms with Gasteiger partial charge in [-0.1, -0.05) is 91.0 Å². The van der Waals surface area contributed by atoms with Crippen molar-refractivity contribution in [2.45, 2.75) is 0 Å². The van der Waals surface area contributed by atoms with Crippen LogP contribution in [-0.4, -0.2) is 11.1 Å². The third kappa shape index (κ3) is 4.70. The Bertz CT molecular complexity index is 1290. The van der Waals surface area contributed by atoms with Crippen molar-refractivity contribution in [1.29, 1.82) is 5.26 Å². The summed E-state index contributed by atoms with van der Waals surface area (Å²) in [5.74, 6) is -1.06. The van der Waals surface area contributed by atoms with E-state index in [9.17, 15) is 15.2 Å². The molecule has 0 amide bonds. The van der Waals surface area contributed by atoms with Gasteiger partial charge in [-0.3, -0.25) is 4.74 Å². The average molecular weight is 448 g/mol. The van der Waals surface area contributed by atoms with Gasteiger partial charge in [-0.25, -0.2) is 4.79 Å². The molecule has 0 saturated carbocycles. The molecule has 5 heteroatoms. The number of hydrogen-bond acceptors (Lipinski definition) is 3. The second kappa shape index (κ2) is 9.96. The molecule has 0 spiro atoms.